The molecule has 1 aliphatic heterocycles. The van der Waals surface area contributed by atoms with Crippen LogP contribution in [0.5, 0.6) is 6.01 Å². The van der Waals surface area contributed by atoms with E-state index in [4.69, 9.17) is 9.26 Å². The molecule has 0 saturated carbocycles. The largest absolute Gasteiger partial charge is 0.458 e. The smallest absolute Gasteiger partial charge is 0.316 e. The Bertz CT molecular complexity index is 697. The molecule has 0 aliphatic carbocycles. The first-order valence-corrected chi connectivity index (χ1v) is 8.66. The molecule has 0 N–H and O–H groups in total. The highest BCUT2D eigenvalue weighted by molar-refractivity contribution is 9.10. The van der Waals surface area contributed by atoms with E-state index in [1.807, 2.05) is 18.7 Å². The number of halogens is 1. The van der Waals surface area contributed by atoms with Crippen LogP contribution in [-0.4, -0.2) is 45.1 Å². The topological polar surface area (TPSA) is 81.4 Å². The highest BCUT2D eigenvalue weighted by Gasteiger charge is 2.28. The third-order valence-corrected chi connectivity index (χ3v) is 4.55. The maximum absolute atomic E-state index is 12.4. The van der Waals surface area contributed by atoms with Crippen molar-refractivity contribution in [3.8, 4) is 6.01 Å². The number of aryl methyl sites for hydroxylation is 2. The number of nitrogens with zero attached hydrogens (tertiary/aromatic N) is 4. The van der Waals surface area contributed by atoms with Gasteiger partial charge in [0.25, 0.3) is 0 Å². The van der Waals surface area contributed by atoms with Crippen LogP contribution in [0.3, 0.4) is 0 Å². The predicted molar refractivity (Wildman–Crippen MR) is 89.6 cm³/mol. The Labute approximate surface area is 148 Å². The lowest BCUT2D eigenvalue weighted by Gasteiger charge is -2.16. The summed E-state index contributed by atoms with van der Waals surface area (Å²) in [6, 6.07) is 0.341. The summed E-state index contributed by atoms with van der Waals surface area (Å²) in [6.45, 7) is 5.04. The van der Waals surface area contributed by atoms with Gasteiger partial charge < -0.3 is 14.2 Å². The molecule has 0 aromatic carbocycles. The molecular weight excluding hydrogens is 376 g/mol. The van der Waals surface area contributed by atoms with Crippen molar-refractivity contribution in [3.05, 3.63) is 33.9 Å². The van der Waals surface area contributed by atoms with Crippen molar-refractivity contribution in [2.24, 2.45) is 0 Å². The molecule has 1 saturated heterocycles. The van der Waals surface area contributed by atoms with Gasteiger partial charge in [0.15, 0.2) is 0 Å². The van der Waals surface area contributed by atoms with Gasteiger partial charge in [-0.05, 0) is 36.2 Å². The van der Waals surface area contributed by atoms with Gasteiger partial charge in [-0.25, -0.2) is 9.97 Å². The van der Waals surface area contributed by atoms with Crippen LogP contribution in [0.15, 0.2) is 21.4 Å². The average molecular weight is 395 g/mol. The van der Waals surface area contributed by atoms with Crippen LogP contribution in [0.1, 0.15) is 29.9 Å². The highest BCUT2D eigenvalue weighted by Crippen LogP contribution is 2.19. The molecule has 0 spiro atoms. The van der Waals surface area contributed by atoms with E-state index in [1.54, 1.807) is 12.4 Å². The molecule has 2 aromatic heterocycles. The van der Waals surface area contributed by atoms with Crippen molar-refractivity contribution in [1.82, 2.24) is 20.0 Å². The summed E-state index contributed by atoms with van der Waals surface area (Å²) in [4.78, 5) is 22.4. The zero-order valence-electron chi connectivity index (χ0n) is 13.7. The molecule has 24 heavy (non-hydrogen) atoms. The number of hydrogen-bond acceptors (Lipinski definition) is 6. The van der Waals surface area contributed by atoms with Crippen molar-refractivity contribution in [2.45, 2.75) is 39.2 Å². The second kappa shape index (κ2) is 7.29. The molecule has 1 fully saturated rings. The normalized spacial score (nSPS) is 17.3. The fourth-order valence-corrected chi connectivity index (χ4v) is 3.01. The van der Waals surface area contributed by atoms with Gasteiger partial charge in [-0.3, -0.25) is 4.79 Å². The minimum Gasteiger partial charge on any atom is -0.458 e. The lowest BCUT2D eigenvalue weighted by Crippen LogP contribution is -2.31. The quantitative estimate of drug-likeness (QED) is 0.774. The molecule has 3 rings (SSSR count). The molecule has 3 heterocycles. The van der Waals surface area contributed by atoms with E-state index in [9.17, 15) is 4.79 Å². The summed E-state index contributed by atoms with van der Waals surface area (Å²) in [5.74, 6) is 0.910. The number of aromatic nitrogens is 3. The molecule has 8 heteroatoms. The van der Waals surface area contributed by atoms with Crippen LogP contribution < -0.4 is 4.74 Å². The van der Waals surface area contributed by atoms with Gasteiger partial charge in [0.2, 0.25) is 5.91 Å². The molecule has 1 amide bonds. The first-order valence-electron chi connectivity index (χ1n) is 7.86. The lowest BCUT2D eigenvalue weighted by molar-refractivity contribution is -0.130. The molecule has 1 atom stereocenters. The summed E-state index contributed by atoms with van der Waals surface area (Å²) >= 11 is 3.29. The Kier molecular flexibility index (Phi) is 5.13. The van der Waals surface area contributed by atoms with Crippen LogP contribution in [0.25, 0.3) is 0 Å². The summed E-state index contributed by atoms with van der Waals surface area (Å²) in [5.41, 5.74) is 1.88. The van der Waals surface area contributed by atoms with Crippen LogP contribution >= 0.6 is 15.9 Å². The third-order valence-electron chi connectivity index (χ3n) is 4.14. The van der Waals surface area contributed by atoms with E-state index in [0.717, 1.165) is 27.9 Å². The zero-order chi connectivity index (χ0) is 17.1. The Morgan fingerprint density at radius 1 is 1.42 bits per heavy atom. The van der Waals surface area contributed by atoms with E-state index in [-0.39, 0.29) is 12.0 Å². The second-order valence-corrected chi connectivity index (χ2v) is 6.77. The van der Waals surface area contributed by atoms with Gasteiger partial charge in [0, 0.05) is 37.3 Å². The molecule has 128 valence electrons. The molecule has 0 bridgehead atoms. The van der Waals surface area contributed by atoms with Gasteiger partial charge in [-0.1, -0.05) is 5.16 Å². The Morgan fingerprint density at radius 3 is 2.83 bits per heavy atom. The van der Waals surface area contributed by atoms with Gasteiger partial charge in [-0.15, -0.1) is 0 Å². The molecule has 1 aliphatic rings. The summed E-state index contributed by atoms with van der Waals surface area (Å²) in [7, 11) is 0. The van der Waals surface area contributed by atoms with Crippen LogP contribution in [0.4, 0.5) is 0 Å². The first-order chi connectivity index (χ1) is 11.5. The zero-order valence-corrected chi connectivity index (χ0v) is 15.2. The SMILES string of the molecule is Cc1noc(C)c1CCC(=O)N1CC[C@H](Oc2ncc(Br)cn2)C1. The van der Waals surface area contributed by atoms with Crippen molar-refractivity contribution < 1.29 is 14.1 Å². The van der Waals surface area contributed by atoms with Gasteiger partial charge in [-0.2, -0.15) is 0 Å². The molecule has 7 nitrogen and oxygen atoms in total. The van der Waals surface area contributed by atoms with Gasteiger partial charge in [0.1, 0.15) is 11.9 Å². The molecule has 0 unspecified atom stereocenters. The van der Waals surface area contributed by atoms with Gasteiger partial charge in [0.05, 0.1) is 16.7 Å². The van der Waals surface area contributed by atoms with Crippen LogP contribution in [0.2, 0.25) is 0 Å². The van der Waals surface area contributed by atoms with E-state index in [1.165, 1.54) is 0 Å². The van der Waals surface area contributed by atoms with Crippen LogP contribution in [0, 0.1) is 13.8 Å². The number of hydrogen-bond donors (Lipinski definition) is 0. The first kappa shape index (κ1) is 16.9. The second-order valence-electron chi connectivity index (χ2n) is 5.85. The minimum atomic E-state index is -0.0609. The van der Waals surface area contributed by atoms with Gasteiger partial charge >= 0.3 is 6.01 Å². The maximum Gasteiger partial charge on any atom is 0.316 e. The number of ether oxygens (including phenoxy) is 1. The lowest BCUT2D eigenvalue weighted by atomic mass is 10.1. The fraction of sp³-hybridized carbons (Fsp3) is 0.500. The Hall–Kier alpha value is -1.96. The van der Waals surface area contributed by atoms with Crippen molar-refractivity contribution >= 4 is 21.8 Å². The van der Waals surface area contributed by atoms with E-state index in [2.05, 4.69) is 31.1 Å². The predicted octanol–water partition coefficient (Wildman–Crippen LogP) is 2.46. The van der Waals surface area contributed by atoms with Crippen molar-refractivity contribution in [2.75, 3.05) is 13.1 Å². The maximum atomic E-state index is 12.4. The van der Waals surface area contributed by atoms with Crippen molar-refractivity contribution in [3.63, 3.8) is 0 Å². The minimum absolute atomic E-state index is 0.0609. The Morgan fingerprint density at radius 2 is 2.17 bits per heavy atom. The average Bonchev–Trinajstić information content (AvgIpc) is 3.15. The van der Waals surface area contributed by atoms with E-state index in [0.29, 0.717) is 31.9 Å². The van der Waals surface area contributed by atoms with Crippen LogP contribution in [-0.2, 0) is 11.2 Å². The summed E-state index contributed by atoms with van der Waals surface area (Å²) in [5, 5.41) is 3.92. The fourth-order valence-electron chi connectivity index (χ4n) is 2.81. The standard InChI is InChI=1S/C16H19BrN4O3/c1-10-14(11(2)24-20-10)3-4-15(22)21-6-5-13(9-21)23-16-18-7-12(17)8-19-16/h7-8,13H,3-6,9H2,1-2H3/t13-/m0/s1. The summed E-state index contributed by atoms with van der Waals surface area (Å²) < 4.78 is 11.7. The monoisotopic (exact) mass is 394 g/mol. The van der Waals surface area contributed by atoms with E-state index < -0.39 is 0 Å². The molecule has 2 aromatic rings. The molecular formula is C16H19BrN4O3. The number of rotatable bonds is 5. The number of amides is 1. The number of likely N-dealkylation sites (tertiary alicyclic amines) is 1. The Balaban J connectivity index is 1.49. The highest BCUT2D eigenvalue weighted by atomic mass is 79.9. The van der Waals surface area contributed by atoms with Crippen molar-refractivity contribution in [1.29, 1.82) is 0 Å². The third kappa shape index (κ3) is 3.92. The number of carbonyl (C=O) groups excluding carboxylic acids is 1. The molecule has 0 radical (unpaired) electrons. The van der Waals surface area contributed by atoms with E-state index >= 15 is 0 Å². The number of carbonyl (C=O) groups is 1. The summed E-state index contributed by atoms with van der Waals surface area (Å²) in [6.07, 6.45) is 5.11.